The Hall–Kier alpha value is -0.330. The number of aliphatic hydroxyl groups is 1. The first-order valence-electron chi connectivity index (χ1n) is 4.42. The van der Waals surface area contributed by atoms with Gasteiger partial charge in [0, 0.05) is 6.61 Å². The average molecular weight is 216 g/mol. The Labute approximate surface area is 80.8 Å². The Balaban J connectivity index is 3.58. The first-order valence-corrected chi connectivity index (χ1v) is 4.42. The normalized spacial score (nSPS) is 14.4. The maximum absolute atomic E-state index is 11.6. The van der Waals surface area contributed by atoms with E-state index in [0.29, 0.717) is 6.61 Å². The van der Waals surface area contributed by atoms with E-state index in [9.17, 15) is 13.2 Å². The van der Waals surface area contributed by atoms with Gasteiger partial charge < -0.3 is 9.84 Å². The first kappa shape index (κ1) is 13.7. The summed E-state index contributed by atoms with van der Waals surface area (Å²) in [5, 5.41) is 8.65. The van der Waals surface area contributed by atoms with Crippen LogP contribution in [0.3, 0.4) is 0 Å². The van der Waals surface area contributed by atoms with Gasteiger partial charge in [0.25, 0.3) is 0 Å². The minimum Gasteiger partial charge on any atom is -0.394 e. The van der Waals surface area contributed by atoms with Gasteiger partial charge in [-0.2, -0.15) is 0 Å². The van der Waals surface area contributed by atoms with Gasteiger partial charge in [-0.15, -0.1) is 13.2 Å². The highest BCUT2D eigenvalue weighted by Crippen LogP contribution is 2.16. The Morgan fingerprint density at radius 2 is 2.00 bits per heavy atom. The van der Waals surface area contributed by atoms with E-state index in [-0.39, 0.29) is 0 Å². The molecule has 6 heteroatoms. The second kappa shape index (κ2) is 7.03. The fourth-order valence-electron chi connectivity index (χ4n) is 0.735. The Morgan fingerprint density at radius 1 is 1.36 bits per heavy atom. The van der Waals surface area contributed by atoms with Gasteiger partial charge >= 0.3 is 6.36 Å². The molecule has 0 bridgehead atoms. The van der Waals surface area contributed by atoms with Crippen LogP contribution >= 0.6 is 0 Å². The van der Waals surface area contributed by atoms with E-state index in [1.165, 1.54) is 0 Å². The molecule has 1 N–H and O–H groups in total. The van der Waals surface area contributed by atoms with Gasteiger partial charge in [-0.25, -0.2) is 0 Å². The molecule has 86 valence electrons. The number of unbranched alkanes of at least 4 members (excludes halogenated alkanes) is 1. The van der Waals surface area contributed by atoms with Gasteiger partial charge in [-0.05, 0) is 6.42 Å². The monoisotopic (exact) mass is 216 g/mol. The number of rotatable bonds is 7. The van der Waals surface area contributed by atoms with Crippen LogP contribution in [0, 0.1) is 0 Å². The van der Waals surface area contributed by atoms with Crippen molar-refractivity contribution in [1.82, 2.24) is 0 Å². The second-order valence-electron chi connectivity index (χ2n) is 2.79. The molecule has 0 aliphatic heterocycles. The molecule has 3 nitrogen and oxygen atoms in total. The van der Waals surface area contributed by atoms with Crippen LogP contribution in [0.1, 0.15) is 19.8 Å². The van der Waals surface area contributed by atoms with E-state index in [2.05, 4.69) is 4.74 Å². The van der Waals surface area contributed by atoms with Crippen molar-refractivity contribution in [2.75, 3.05) is 19.8 Å². The Bertz CT molecular complexity index is 138. The third-order valence-electron chi connectivity index (χ3n) is 1.49. The van der Waals surface area contributed by atoms with Crippen LogP contribution in [0.4, 0.5) is 13.2 Å². The number of ether oxygens (including phenoxy) is 2. The largest absolute Gasteiger partial charge is 0.522 e. The van der Waals surface area contributed by atoms with Gasteiger partial charge in [-0.3, -0.25) is 4.74 Å². The van der Waals surface area contributed by atoms with Crippen molar-refractivity contribution in [3.8, 4) is 0 Å². The summed E-state index contributed by atoms with van der Waals surface area (Å²) in [5.74, 6) is 0. The molecule has 0 aromatic heterocycles. The summed E-state index contributed by atoms with van der Waals surface area (Å²) in [6, 6.07) is 0. The number of aliphatic hydroxyl groups excluding tert-OH is 1. The molecule has 0 spiro atoms. The molecule has 0 aromatic carbocycles. The van der Waals surface area contributed by atoms with E-state index in [1.807, 2.05) is 6.92 Å². The predicted molar refractivity (Wildman–Crippen MR) is 43.7 cm³/mol. The predicted octanol–water partition coefficient (Wildman–Crippen LogP) is 1.70. The zero-order valence-electron chi connectivity index (χ0n) is 8.01. The summed E-state index contributed by atoms with van der Waals surface area (Å²) < 4.78 is 43.2. The molecule has 1 unspecified atom stereocenters. The smallest absolute Gasteiger partial charge is 0.394 e. The first-order chi connectivity index (χ1) is 6.49. The third kappa shape index (κ3) is 8.28. The fourth-order valence-corrected chi connectivity index (χ4v) is 0.735. The molecule has 0 aliphatic carbocycles. The van der Waals surface area contributed by atoms with Crippen LogP contribution in [0.25, 0.3) is 0 Å². The van der Waals surface area contributed by atoms with E-state index in [1.54, 1.807) is 0 Å². The lowest BCUT2D eigenvalue weighted by Gasteiger charge is -2.16. The molecule has 0 aliphatic rings. The number of hydrogen-bond acceptors (Lipinski definition) is 3. The highest BCUT2D eigenvalue weighted by molar-refractivity contribution is 4.54. The minimum atomic E-state index is -4.67. The van der Waals surface area contributed by atoms with Crippen LogP contribution in [0.15, 0.2) is 0 Å². The molecule has 1 atom stereocenters. The maximum Gasteiger partial charge on any atom is 0.522 e. The molecule has 0 amide bonds. The molecule has 0 saturated carbocycles. The van der Waals surface area contributed by atoms with Crippen LogP contribution in [0.5, 0.6) is 0 Å². The van der Waals surface area contributed by atoms with Gasteiger partial charge in [-0.1, -0.05) is 13.3 Å². The zero-order valence-corrected chi connectivity index (χ0v) is 8.01. The average Bonchev–Trinajstić information content (AvgIpc) is 2.09. The van der Waals surface area contributed by atoms with Gasteiger partial charge in [0.05, 0.1) is 13.2 Å². The molecular weight excluding hydrogens is 201 g/mol. The summed E-state index contributed by atoms with van der Waals surface area (Å²) in [6.07, 6.45) is -3.93. The van der Waals surface area contributed by atoms with Crippen LogP contribution in [-0.4, -0.2) is 37.4 Å². The highest BCUT2D eigenvalue weighted by atomic mass is 19.4. The molecule has 0 saturated heterocycles. The van der Waals surface area contributed by atoms with E-state index < -0.39 is 25.7 Å². The number of hydrogen-bond donors (Lipinski definition) is 1. The van der Waals surface area contributed by atoms with Crippen molar-refractivity contribution in [2.24, 2.45) is 0 Å². The van der Waals surface area contributed by atoms with Crippen LogP contribution < -0.4 is 0 Å². The van der Waals surface area contributed by atoms with Crippen molar-refractivity contribution in [3.63, 3.8) is 0 Å². The van der Waals surface area contributed by atoms with Crippen molar-refractivity contribution in [2.45, 2.75) is 32.2 Å². The van der Waals surface area contributed by atoms with Gasteiger partial charge in [0.2, 0.25) is 0 Å². The second-order valence-corrected chi connectivity index (χ2v) is 2.79. The molecule has 0 heterocycles. The lowest BCUT2D eigenvalue weighted by atomic mass is 10.3. The van der Waals surface area contributed by atoms with Crippen LogP contribution in [0.2, 0.25) is 0 Å². The molecule has 0 radical (unpaired) electrons. The Kier molecular flexibility index (Phi) is 6.86. The number of alkyl halides is 3. The van der Waals surface area contributed by atoms with Gasteiger partial charge in [0.15, 0.2) is 0 Å². The molecular formula is C8H15F3O3. The van der Waals surface area contributed by atoms with Crippen molar-refractivity contribution < 1.29 is 27.8 Å². The topological polar surface area (TPSA) is 38.7 Å². The summed E-state index contributed by atoms with van der Waals surface area (Å²) in [7, 11) is 0. The molecule has 0 aromatic rings. The van der Waals surface area contributed by atoms with Gasteiger partial charge in [0.1, 0.15) is 6.10 Å². The fraction of sp³-hybridized carbons (Fsp3) is 1.00. The lowest BCUT2D eigenvalue weighted by molar-refractivity contribution is -0.332. The van der Waals surface area contributed by atoms with Crippen LogP contribution in [-0.2, 0) is 9.47 Å². The molecule has 14 heavy (non-hydrogen) atoms. The zero-order chi connectivity index (χ0) is 11.0. The van der Waals surface area contributed by atoms with Crippen molar-refractivity contribution in [3.05, 3.63) is 0 Å². The third-order valence-corrected chi connectivity index (χ3v) is 1.49. The summed E-state index contributed by atoms with van der Waals surface area (Å²) in [6.45, 7) is 1.13. The SMILES string of the molecule is CCCCOC(CO)COC(F)(F)F. The Morgan fingerprint density at radius 3 is 2.43 bits per heavy atom. The van der Waals surface area contributed by atoms with E-state index in [0.717, 1.165) is 12.8 Å². The standard InChI is InChI=1S/C8H15F3O3/c1-2-3-4-13-7(5-12)6-14-8(9,10)11/h7,12H,2-6H2,1H3. The minimum absolute atomic E-state index is 0.336. The highest BCUT2D eigenvalue weighted by Gasteiger charge is 2.30. The molecule has 0 rings (SSSR count). The van der Waals surface area contributed by atoms with E-state index >= 15 is 0 Å². The maximum atomic E-state index is 11.6. The summed E-state index contributed by atoms with van der Waals surface area (Å²) in [5.41, 5.74) is 0. The van der Waals surface area contributed by atoms with Crippen molar-refractivity contribution in [1.29, 1.82) is 0 Å². The summed E-state index contributed by atoms with van der Waals surface area (Å²) in [4.78, 5) is 0. The van der Waals surface area contributed by atoms with Crippen molar-refractivity contribution >= 4 is 0 Å². The molecule has 0 fully saturated rings. The summed E-state index contributed by atoms with van der Waals surface area (Å²) >= 11 is 0. The number of halogens is 3. The van der Waals surface area contributed by atoms with E-state index in [4.69, 9.17) is 9.84 Å². The quantitative estimate of drug-likeness (QED) is 0.658. The lowest BCUT2D eigenvalue weighted by Crippen LogP contribution is -2.28.